The van der Waals surface area contributed by atoms with Gasteiger partial charge in [0.1, 0.15) is 0 Å². The molecule has 0 aromatic heterocycles. The van der Waals surface area contributed by atoms with Crippen LogP contribution in [-0.4, -0.2) is 44.8 Å². The minimum absolute atomic E-state index is 0.377. The van der Waals surface area contributed by atoms with Gasteiger partial charge in [0.15, 0.2) is 0 Å². The van der Waals surface area contributed by atoms with Crippen molar-refractivity contribution in [3.8, 4) is 0 Å². The maximum absolute atomic E-state index is 13.7. The molecule has 0 aliphatic rings. The zero-order chi connectivity index (χ0) is 20.4. The first-order chi connectivity index (χ1) is 12.6. The molecule has 2 aromatic rings. The predicted molar refractivity (Wildman–Crippen MR) is 113 cm³/mol. The third kappa shape index (κ3) is 4.60. The van der Waals surface area contributed by atoms with E-state index in [2.05, 4.69) is 6.92 Å². The fraction of sp³-hybridized carbons (Fsp3) is 0.455. The average molecular weight is 389 g/mol. The minimum atomic E-state index is -3.61. The van der Waals surface area contributed by atoms with Crippen molar-refractivity contribution in [1.82, 2.24) is 9.21 Å². The topological polar surface area (TPSA) is 40.6 Å². The van der Waals surface area contributed by atoms with Crippen LogP contribution < -0.4 is 0 Å². The van der Waals surface area contributed by atoms with E-state index in [1.807, 2.05) is 77.0 Å². The van der Waals surface area contributed by atoms with Crippen LogP contribution >= 0.6 is 0 Å². The van der Waals surface area contributed by atoms with Crippen LogP contribution in [-0.2, 0) is 16.6 Å². The van der Waals surface area contributed by atoms with Crippen molar-refractivity contribution in [2.24, 2.45) is 0 Å². The molecule has 0 unspecified atom stereocenters. The SMILES string of the molecule is Cc1c(C)c(C)c(S(=O)(=O)N(CCN(C)C)Cc2ccccc2)c(C)c1C. The molecule has 0 amide bonds. The van der Waals surface area contributed by atoms with Crippen LogP contribution in [0.5, 0.6) is 0 Å². The van der Waals surface area contributed by atoms with E-state index < -0.39 is 10.0 Å². The molecule has 0 radical (unpaired) electrons. The molecule has 0 spiro atoms. The average Bonchev–Trinajstić information content (AvgIpc) is 2.62. The van der Waals surface area contributed by atoms with Gasteiger partial charge in [-0.3, -0.25) is 0 Å². The molecule has 27 heavy (non-hydrogen) atoms. The Labute approximate surface area is 164 Å². The summed E-state index contributed by atoms with van der Waals surface area (Å²) in [5.41, 5.74) is 6.01. The first kappa shape index (κ1) is 21.6. The van der Waals surface area contributed by atoms with Crippen molar-refractivity contribution >= 4 is 10.0 Å². The number of hydrogen-bond donors (Lipinski definition) is 0. The summed E-state index contributed by atoms with van der Waals surface area (Å²) in [4.78, 5) is 2.48. The quantitative estimate of drug-likeness (QED) is 0.720. The fourth-order valence-electron chi connectivity index (χ4n) is 3.36. The van der Waals surface area contributed by atoms with E-state index >= 15 is 0 Å². The van der Waals surface area contributed by atoms with E-state index in [0.717, 1.165) is 27.8 Å². The van der Waals surface area contributed by atoms with Crippen LogP contribution in [0.15, 0.2) is 35.2 Å². The Morgan fingerprint density at radius 3 is 1.70 bits per heavy atom. The second-order valence-electron chi connectivity index (χ2n) is 7.58. The maximum atomic E-state index is 13.7. The van der Waals surface area contributed by atoms with Gasteiger partial charge < -0.3 is 4.90 Å². The summed E-state index contributed by atoms with van der Waals surface area (Å²) in [6.45, 7) is 11.4. The lowest BCUT2D eigenvalue weighted by Gasteiger charge is -2.27. The van der Waals surface area contributed by atoms with Gasteiger partial charge in [-0.15, -0.1) is 0 Å². The number of hydrogen-bond acceptors (Lipinski definition) is 3. The van der Waals surface area contributed by atoms with Crippen LogP contribution in [0, 0.1) is 34.6 Å². The molecular formula is C22H32N2O2S. The zero-order valence-corrected chi connectivity index (χ0v) is 18.4. The zero-order valence-electron chi connectivity index (χ0n) is 17.6. The summed E-state index contributed by atoms with van der Waals surface area (Å²) in [5.74, 6) is 0. The molecule has 0 aliphatic carbocycles. The largest absolute Gasteiger partial charge is 0.308 e. The molecule has 0 saturated carbocycles. The van der Waals surface area contributed by atoms with Gasteiger partial charge in [0, 0.05) is 19.6 Å². The molecule has 2 aromatic carbocycles. The smallest absolute Gasteiger partial charge is 0.243 e. The molecule has 0 heterocycles. The Hall–Kier alpha value is -1.69. The molecule has 0 bridgehead atoms. The molecule has 0 fully saturated rings. The van der Waals surface area contributed by atoms with Crippen LogP contribution in [0.4, 0.5) is 0 Å². The lowest BCUT2D eigenvalue weighted by Crippen LogP contribution is -2.37. The van der Waals surface area contributed by atoms with Gasteiger partial charge in [0.2, 0.25) is 10.0 Å². The molecule has 2 rings (SSSR count). The number of benzene rings is 2. The van der Waals surface area contributed by atoms with Crippen LogP contribution in [0.2, 0.25) is 0 Å². The van der Waals surface area contributed by atoms with Gasteiger partial charge >= 0.3 is 0 Å². The van der Waals surface area contributed by atoms with Gasteiger partial charge in [-0.25, -0.2) is 8.42 Å². The first-order valence-corrected chi connectivity index (χ1v) is 10.8. The Kier molecular flexibility index (Phi) is 6.84. The number of nitrogens with zero attached hydrogens (tertiary/aromatic N) is 2. The highest BCUT2D eigenvalue weighted by Crippen LogP contribution is 2.32. The number of likely N-dealkylation sites (N-methyl/N-ethyl adjacent to an activating group) is 1. The molecule has 0 N–H and O–H groups in total. The van der Waals surface area contributed by atoms with Gasteiger partial charge in [-0.05, 0) is 82.1 Å². The van der Waals surface area contributed by atoms with Crippen molar-refractivity contribution in [1.29, 1.82) is 0 Å². The molecule has 0 aliphatic heterocycles. The predicted octanol–water partition coefficient (Wildman–Crippen LogP) is 3.98. The second kappa shape index (κ2) is 8.55. The van der Waals surface area contributed by atoms with Crippen molar-refractivity contribution in [2.75, 3.05) is 27.2 Å². The summed E-state index contributed by atoms with van der Waals surface area (Å²) in [7, 11) is 0.313. The van der Waals surface area contributed by atoms with Gasteiger partial charge in [-0.2, -0.15) is 4.31 Å². The van der Waals surface area contributed by atoms with Crippen molar-refractivity contribution in [2.45, 2.75) is 46.1 Å². The normalized spacial score (nSPS) is 12.2. The molecule has 4 nitrogen and oxygen atoms in total. The standard InChI is InChI=1S/C22H32N2O2S/c1-16-17(2)19(4)22(20(5)18(16)3)27(25,26)24(14-13-23(6)7)15-21-11-9-8-10-12-21/h8-12H,13-15H2,1-7H3. The highest BCUT2D eigenvalue weighted by Gasteiger charge is 2.30. The van der Waals surface area contributed by atoms with Crippen LogP contribution in [0.25, 0.3) is 0 Å². The molecule has 5 heteroatoms. The van der Waals surface area contributed by atoms with E-state index in [-0.39, 0.29) is 0 Å². The summed E-state index contributed by atoms with van der Waals surface area (Å²) in [5, 5.41) is 0. The summed E-state index contributed by atoms with van der Waals surface area (Å²) < 4.78 is 29.0. The fourth-order valence-corrected chi connectivity index (χ4v) is 5.34. The second-order valence-corrected chi connectivity index (χ2v) is 9.46. The van der Waals surface area contributed by atoms with Crippen molar-refractivity contribution in [3.63, 3.8) is 0 Å². The highest BCUT2D eigenvalue weighted by molar-refractivity contribution is 7.89. The van der Waals surface area contributed by atoms with E-state index in [1.165, 1.54) is 5.56 Å². The van der Waals surface area contributed by atoms with Gasteiger partial charge in [0.05, 0.1) is 4.90 Å². The Bertz CT molecular complexity index is 875. The molecule has 0 saturated heterocycles. The van der Waals surface area contributed by atoms with Crippen LogP contribution in [0.3, 0.4) is 0 Å². The maximum Gasteiger partial charge on any atom is 0.243 e. The number of sulfonamides is 1. The molecule has 0 atom stereocenters. The Balaban J connectivity index is 2.57. The first-order valence-electron chi connectivity index (χ1n) is 9.33. The monoisotopic (exact) mass is 388 g/mol. The summed E-state index contributed by atoms with van der Waals surface area (Å²) >= 11 is 0. The number of rotatable bonds is 7. The third-order valence-corrected chi connectivity index (χ3v) is 7.65. The molecular weight excluding hydrogens is 356 g/mol. The van der Waals surface area contributed by atoms with E-state index in [1.54, 1.807) is 4.31 Å². The lowest BCUT2D eigenvalue weighted by molar-refractivity contribution is 0.329. The Morgan fingerprint density at radius 1 is 0.741 bits per heavy atom. The minimum Gasteiger partial charge on any atom is -0.308 e. The molecule has 148 valence electrons. The van der Waals surface area contributed by atoms with E-state index in [9.17, 15) is 8.42 Å². The van der Waals surface area contributed by atoms with Crippen molar-refractivity contribution < 1.29 is 8.42 Å². The van der Waals surface area contributed by atoms with Gasteiger partial charge in [0.25, 0.3) is 0 Å². The lowest BCUT2D eigenvalue weighted by atomic mass is 9.95. The highest BCUT2D eigenvalue weighted by atomic mass is 32.2. The van der Waals surface area contributed by atoms with E-state index in [4.69, 9.17) is 0 Å². The van der Waals surface area contributed by atoms with E-state index in [0.29, 0.717) is 24.5 Å². The van der Waals surface area contributed by atoms with Crippen LogP contribution in [0.1, 0.15) is 33.4 Å². The van der Waals surface area contributed by atoms with Gasteiger partial charge in [-0.1, -0.05) is 30.3 Å². The summed E-state index contributed by atoms with van der Waals surface area (Å²) in [6, 6.07) is 9.79. The van der Waals surface area contributed by atoms with Crippen molar-refractivity contribution in [3.05, 3.63) is 63.7 Å². The Morgan fingerprint density at radius 2 is 1.22 bits per heavy atom. The third-order valence-electron chi connectivity index (χ3n) is 5.53. The summed E-state index contributed by atoms with van der Waals surface area (Å²) in [6.07, 6.45) is 0.